The molecule has 0 saturated heterocycles. The average Bonchev–Trinajstić information content (AvgIpc) is 2.22. The Labute approximate surface area is 107 Å². The average molecular weight is 245 g/mol. The van der Waals surface area contributed by atoms with E-state index in [4.69, 9.17) is 0 Å². The van der Waals surface area contributed by atoms with E-state index in [9.17, 15) is 10.2 Å². The first-order valence-corrected chi connectivity index (χ1v) is 6.84. The van der Waals surface area contributed by atoms with Gasteiger partial charge < -0.3 is 15.5 Å². The van der Waals surface area contributed by atoms with Gasteiger partial charge in [0.15, 0.2) is 0 Å². The van der Waals surface area contributed by atoms with Crippen molar-refractivity contribution in [2.45, 2.75) is 66.2 Å². The van der Waals surface area contributed by atoms with Gasteiger partial charge in [-0.15, -0.1) is 0 Å². The lowest BCUT2D eigenvalue weighted by atomic mass is 9.90. The van der Waals surface area contributed by atoms with E-state index in [2.05, 4.69) is 33.0 Å². The molecule has 0 fully saturated rings. The van der Waals surface area contributed by atoms with Crippen LogP contribution < -0.4 is 5.32 Å². The molecule has 0 aliphatic carbocycles. The van der Waals surface area contributed by atoms with Gasteiger partial charge in [0.1, 0.15) is 0 Å². The maximum Gasteiger partial charge on any atom is 0.0668 e. The third-order valence-electron chi connectivity index (χ3n) is 3.57. The second kappa shape index (κ2) is 8.06. The van der Waals surface area contributed by atoms with Crippen LogP contribution in [0.4, 0.5) is 0 Å². The van der Waals surface area contributed by atoms with Crippen molar-refractivity contribution in [3.05, 3.63) is 0 Å². The quantitative estimate of drug-likeness (QED) is 0.613. The van der Waals surface area contributed by atoms with Gasteiger partial charge in [0.25, 0.3) is 0 Å². The highest BCUT2D eigenvalue weighted by Gasteiger charge is 2.25. The Morgan fingerprint density at radius 2 is 1.47 bits per heavy atom. The molecule has 17 heavy (non-hydrogen) atoms. The summed E-state index contributed by atoms with van der Waals surface area (Å²) >= 11 is 0. The van der Waals surface area contributed by atoms with Crippen molar-refractivity contribution in [1.82, 2.24) is 5.32 Å². The fourth-order valence-electron chi connectivity index (χ4n) is 2.31. The second-order valence-corrected chi connectivity index (χ2v) is 5.99. The molecule has 3 N–H and O–H groups in total. The largest absolute Gasteiger partial charge is 0.396 e. The maximum absolute atomic E-state index is 9.75. The van der Waals surface area contributed by atoms with E-state index >= 15 is 0 Å². The molecular weight excluding hydrogens is 214 g/mol. The normalized spacial score (nSPS) is 21.0. The van der Waals surface area contributed by atoms with Crippen LogP contribution in [-0.2, 0) is 0 Å². The Morgan fingerprint density at radius 3 is 1.82 bits per heavy atom. The predicted octanol–water partition coefficient (Wildman–Crippen LogP) is 2.02. The first-order chi connectivity index (χ1) is 7.79. The van der Waals surface area contributed by atoms with E-state index in [-0.39, 0.29) is 18.6 Å². The van der Waals surface area contributed by atoms with Crippen LogP contribution in [0, 0.1) is 17.8 Å². The third kappa shape index (κ3) is 6.39. The molecular formula is C14H31NO2. The van der Waals surface area contributed by atoms with Crippen molar-refractivity contribution in [1.29, 1.82) is 0 Å². The predicted molar refractivity (Wildman–Crippen MR) is 72.9 cm³/mol. The Kier molecular flexibility index (Phi) is 8.01. The lowest BCUT2D eigenvalue weighted by Gasteiger charge is -2.32. The number of rotatable bonds is 8. The van der Waals surface area contributed by atoms with Gasteiger partial charge in [0.05, 0.1) is 6.10 Å². The zero-order valence-electron chi connectivity index (χ0n) is 12.3. The molecule has 0 saturated carbocycles. The Morgan fingerprint density at radius 1 is 0.941 bits per heavy atom. The lowest BCUT2D eigenvalue weighted by molar-refractivity contribution is 0.0798. The molecule has 0 aromatic heterocycles. The summed E-state index contributed by atoms with van der Waals surface area (Å²) in [6.07, 6.45) is 0.736. The molecule has 0 aromatic rings. The van der Waals surface area contributed by atoms with Crippen molar-refractivity contribution in [2.24, 2.45) is 17.8 Å². The molecule has 0 aromatic carbocycles. The van der Waals surface area contributed by atoms with Gasteiger partial charge in [-0.1, -0.05) is 27.7 Å². The fraction of sp³-hybridized carbons (Fsp3) is 1.00. The molecule has 0 bridgehead atoms. The maximum atomic E-state index is 9.75. The molecule has 0 spiro atoms. The minimum Gasteiger partial charge on any atom is -0.396 e. The van der Waals surface area contributed by atoms with Crippen molar-refractivity contribution >= 4 is 0 Å². The first-order valence-electron chi connectivity index (χ1n) is 6.84. The zero-order chi connectivity index (χ0) is 13.6. The van der Waals surface area contributed by atoms with Gasteiger partial charge in [-0.3, -0.25) is 0 Å². The molecule has 0 rings (SSSR count). The summed E-state index contributed by atoms with van der Waals surface area (Å²) in [4.78, 5) is 0. The monoisotopic (exact) mass is 245 g/mol. The summed E-state index contributed by atoms with van der Waals surface area (Å²) in [7, 11) is 0. The number of hydrogen-bond donors (Lipinski definition) is 3. The van der Waals surface area contributed by atoms with Crippen molar-refractivity contribution < 1.29 is 10.2 Å². The summed E-state index contributed by atoms with van der Waals surface area (Å²) in [6.45, 7) is 12.7. The van der Waals surface area contributed by atoms with Gasteiger partial charge in [0.2, 0.25) is 0 Å². The Bertz CT molecular complexity index is 195. The van der Waals surface area contributed by atoms with Crippen molar-refractivity contribution in [3.63, 3.8) is 0 Å². The third-order valence-corrected chi connectivity index (χ3v) is 3.57. The molecule has 0 aliphatic heterocycles. The van der Waals surface area contributed by atoms with E-state index in [0.29, 0.717) is 17.9 Å². The van der Waals surface area contributed by atoms with E-state index < -0.39 is 6.10 Å². The van der Waals surface area contributed by atoms with Gasteiger partial charge in [-0.2, -0.15) is 0 Å². The highest BCUT2D eigenvalue weighted by Crippen LogP contribution is 2.17. The lowest BCUT2D eigenvalue weighted by Crippen LogP contribution is -2.50. The standard InChI is InChI=1S/C14H31NO2/c1-9(2)7-10(3)12(5)15-14(13(6)17)11(4)8-16/h9-17H,7-8H2,1-6H3. The molecule has 104 valence electrons. The summed E-state index contributed by atoms with van der Waals surface area (Å²) in [5, 5.41) is 22.4. The number of aliphatic hydroxyl groups excluding tert-OH is 2. The molecule has 0 aliphatic rings. The van der Waals surface area contributed by atoms with Gasteiger partial charge in [-0.25, -0.2) is 0 Å². The van der Waals surface area contributed by atoms with Crippen LogP contribution in [0.5, 0.6) is 0 Å². The second-order valence-electron chi connectivity index (χ2n) is 5.99. The molecule has 5 unspecified atom stereocenters. The highest BCUT2D eigenvalue weighted by molar-refractivity contribution is 4.82. The smallest absolute Gasteiger partial charge is 0.0668 e. The van der Waals surface area contributed by atoms with Crippen LogP contribution in [0.3, 0.4) is 0 Å². The van der Waals surface area contributed by atoms with E-state index in [1.807, 2.05) is 6.92 Å². The summed E-state index contributed by atoms with van der Waals surface area (Å²) in [6, 6.07) is 0.315. The Balaban J connectivity index is 4.34. The zero-order valence-corrected chi connectivity index (χ0v) is 12.3. The van der Waals surface area contributed by atoms with Crippen molar-refractivity contribution in [2.75, 3.05) is 6.61 Å². The first kappa shape index (κ1) is 16.9. The number of hydrogen-bond acceptors (Lipinski definition) is 3. The van der Waals surface area contributed by atoms with Crippen LogP contribution in [-0.4, -0.2) is 35.0 Å². The molecule has 0 amide bonds. The summed E-state index contributed by atoms with van der Waals surface area (Å²) < 4.78 is 0. The molecule has 0 radical (unpaired) electrons. The van der Waals surface area contributed by atoms with Gasteiger partial charge >= 0.3 is 0 Å². The van der Waals surface area contributed by atoms with Crippen LogP contribution >= 0.6 is 0 Å². The van der Waals surface area contributed by atoms with Crippen LogP contribution in [0.2, 0.25) is 0 Å². The topological polar surface area (TPSA) is 52.5 Å². The minimum absolute atomic E-state index is 0.0374. The van der Waals surface area contributed by atoms with Gasteiger partial charge in [0, 0.05) is 18.7 Å². The highest BCUT2D eigenvalue weighted by atomic mass is 16.3. The fourth-order valence-corrected chi connectivity index (χ4v) is 2.31. The van der Waals surface area contributed by atoms with Gasteiger partial charge in [-0.05, 0) is 38.0 Å². The molecule has 3 heteroatoms. The summed E-state index contributed by atoms with van der Waals surface area (Å²) in [5.74, 6) is 1.33. The van der Waals surface area contributed by atoms with Crippen LogP contribution in [0.15, 0.2) is 0 Å². The number of aliphatic hydroxyl groups is 2. The van der Waals surface area contributed by atoms with E-state index in [0.717, 1.165) is 0 Å². The Hall–Kier alpha value is -0.120. The van der Waals surface area contributed by atoms with E-state index in [1.165, 1.54) is 6.42 Å². The van der Waals surface area contributed by atoms with E-state index in [1.54, 1.807) is 6.92 Å². The number of nitrogens with one attached hydrogen (secondary N) is 1. The summed E-state index contributed by atoms with van der Waals surface area (Å²) in [5.41, 5.74) is 0. The van der Waals surface area contributed by atoms with Crippen LogP contribution in [0.25, 0.3) is 0 Å². The van der Waals surface area contributed by atoms with Crippen molar-refractivity contribution in [3.8, 4) is 0 Å². The molecule has 5 atom stereocenters. The SMILES string of the molecule is CC(C)CC(C)C(C)NC(C(C)O)C(C)CO. The van der Waals surface area contributed by atoms with Crippen LogP contribution in [0.1, 0.15) is 48.0 Å². The molecule has 3 nitrogen and oxygen atoms in total. The minimum atomic E-state index is -0.439. The molecule has 0 heterocycles.